The van der Waals surface area contributed by atoms with Crippen molar-refractivity contribution in [1.82, 2.24) is 4.90 Å². The maximum atomic E-state index is 11.0. The van der Waals surface area contributed by atoms with Gasteiger partial charge in [-0.25, -0.2) is 0 Å². The van der Waals surface area contributed by atoms with Gasteiger partial charge in [0, 0.05) is 12.6 Å². The molecule has 0 aromatic carbocycles. The van der Waals surface area contributed by atoms with Crippen molar-refractivity contribution >= 4 is 5.97 Å². The maximum Gasteiger partial charge on any atom is 0.307 e. The summed E-state index contributed by atoms with van der Waals surface area (Å²) in [5, 5.41) is 9.03. The molecule has 1 rings (SSSR count). The first-order valence-corrected chi connectivity index (χ1v) is 6.62. The molecule has 0 saturated carbocycles. The van der Waals surface area contributed by atoms with Crippen LogP contribution in [0.1, 0.15) is 52.4 Å². The van der Waals surface area contributed by atoms with Crippen molar-refractivity contribution in [3.05, 3.63) is 0 Å². The monoisotopic (exact) mass is 227 g/mol. The van der Waals surface area contributed by atoms with Crippen LogP contribution >= 0.6 is 0 Å². The largest absolute Gasteiger partial charge is 0.481 e. The average Bonchev–Trinajstić information content (AvgIpc) is 2.29. The molecule has 94 valence electrons. The summed E-state index contributed by atoms with van der Waals surface area (Å²) < 4.78 is 0. The minimum absolute atomic E-state index is 0.137. The second kappa shape index (κ2) is 6.89. The standard InChI is InChI=1S/C13H25NO2/c1-3-4-5-7-11(2)14-9-6-8-12(10-14)13(15)16/h11-12H,3-10H2,1-2H3,(H,15,16). The molecule has 3 heteroatoms. The Hall–Kier alpha value is -0.570. The molecule has 2 unspecified atom stereocenters. The zero-order valence-electron chi connectivity index (χ0n) is 10.6. The molecule has 0 aromatic heterocycles. The molecule has 1 aliphatic heterocycles. The van der Waals surface area contributed by atoms with Gasteiger partial charge in [-0.1, -0.05) is 26.2 Å². The van der Waals surface area contributed by atoms with Crippen LogP contribution in [-0.2, 0) is 4.79 Å². The van der Waals surface area contributed by atoms with E-state index in [1.165, 1.54) is 25.7 Å². The van der Waals surface area contributed by atoms with Gasteiger partial charge in [-0.3, -0.25) is 9.69 Å². The summed E-state index contributed by atoms with van der Waals surface area (Å²) in [6, 6.07) is 0.550. The van der Waals surface area contributed by atoms with E-state index in [1.54, 1.807) is 0 Å². The number of hydrogen-bond acceptors (Lipinski definition) is 2. The Kier molecular flexibility index (Phi) is 5.81. The number of carboxylic acid groups (broad SMARTS) is 1. The average molecular weight is 227 g/mol. The van der Waals surface area contributed by atoms with Crippen molar-refractivity contribution < 1.29 is 9.90 Å². The van der Waals surface area contributed by atoms with Crippen LogP contribution in [0.15, 0.2) is 0 Å². The molecule has 3 nitrogen and oxygen atoms in total. The minimum Gasteiger partial charge on any atom is -0.481 e. The van der Waals surface area contributed by atoms with Crippen molar-refractivity contribution in [2.24, 2.45) is 5.92 Å². The number of carbonyl (C=O) groups is 1. The third kappa shape index (κ3) is 4.12. The zero-order chi connectivity index (χ0) is 12.0. The summed E-state index contributed by atoms with van der Waals surface area (Å²) in [5.74, 6) is -0.757. The van der Waals surface area contributed by atoms with E-state index in [4.69, 9.17) is 5.11 Å². The van der Waals surface area contributed by atoms with Crippen LogP contribution in [0.2, 0.25) is 0 Å². The molecule has 0 bridgehead atoms. The summed E-state index contributed by atoms with van der Waals surface area (Å²) in [6.07, 6.45) is 6.92. The minimum atomic E-state index is -0.620. The van der Waals surface area contributed by atoms with Crippen LogP contribution in [0.3, 0.4) is 0 Å². The summed E-state index contributed by atoms with van der Waals surface area (Å²) >= 11 is 0. The first-order chi connectivity index (χ1) is 7.65. The second-order valence-electron chi connectivity index (χ2n) is 5.02. The van der Waals surface area contributed by atoms with Gasteiger partial charge in [-0.05, 0) is 32.7 Å². The zero-order valence-corrected chi connectivity index (χ0v) is 10.6. The first-order valence-electron chi connectivity index (χ1n) is 6.62. The summed E-state index contributed by atoms with van der Waals surface area (Å²) in [5.41, 5.74) is 0. The van der Waals surface area contributed by atoms with Gasteiger partial charge in [0.05, 0.1) is 5.92 Å². The predicted molar refractivity (Wildman–Crippen MR) is 65.5 cm³/mol. The van der Waals surface area contributed by atoms with Crippen LogP contribution in [0.4, 0.5) is 0 Å². The molecule has 1 N–H and O–H groups in total. The van der Waals surface area contributed by atoms with E-state index in [1.807, 2.05) is 0 Å². The van der Waals surface area contributed by atoms with E-state index in [0.717, 1.165) is 25.9 Å². The Morgan fingerprint density at radius 3 is 2.88 bits per heavy atom. The highest BCUT2D eigenvalue weighted by Crippen LogP contribution is 2.20. The van der Waals surface area contributed by atoms with Gasteiger partial charge in [-0.15, -0.1) is 0 Å². The van der Waals surface area contributed by atoms with Gasteiger partial charge in [0.2, 0.25) is 0 Å². The number of rotatable bonds is 6. The van der Waals surface area contributed by atoms with E-state index >= 15 is 0 Å². The molecule has 0 aliphatic carbocycles. The highest BCUT2D eigenvalue weighted by molar-refractivity contribution is 5.70. The summed E-state index contributed by atoms with van der Waals surface area (Å²) in [6.45, 7) is 6.28. The summed E-state index contributed by atoms with van der Waals surface area (Å²) in [4.78, 5) is 13.3. The molecular formula is C13H25NO2. The van der Waals surface area contributed by atoms with Crippen molar-refractivity contribution in [1.29, 1.82) is 0 Å². The highest BCUT2D eigenvalue weighted by Gasteiger charge is 2.27. The molecule has 0 radical (unpaired) electrons. The number of aliphatic carboxylic acids is 1. The molecule has 1 fully saturated rings. The molecule has 1 aliphatic rings. The normalized spacial score (nSPS) is 24.2. The van der Waals surface area contributed by atoms with E-state index in [9.17, 15) is 4.79 Å². The molecule has 1 saturated heterocycles. The quantitative estimate of drug-likeness (QED) is 0.709. The highest BCUT2D eigenvalue weighted by atomic mass is 16.4. The fourth-order valence-electron chi connectivity index (χ4n) is 2.48. The lowest BCUT2D eigenvalue weighted by Crippen LogP contribution is -2.43. The molecule has 0 amide bonds. The lowest BCUT2D eigenvalue weighted by Gasteiger charge is -2.35. The number of hydrogen-bond donors (Lipinski definition) is 1. The number of piperidine rings is 1. The fourth-order valence-corrected chi connectivity index (χ4v) is 2.48. The van der Waals surface area contributed by atoms with E-state index in [2.05, 4.69) is 18.7 Å². The van der Waals surface area contributed by atoms with E-state index in [-0.39, 0.29) is 5.92 Å². The first kappa shape index (κ1) is 13.5. The van der Waals surface area contributed by atoms with Crippen LogP contribution in [0.25, 0.3) is 0 Å². The Bertz CT molecular complexity index is 218. The van der Waals surface area contributed by atoms with Crippen LogP contribution in [0.5, 0.6) is 0 Å². The Balaban J connectivity index is 2.31. The molecule has 1 heterocycles. The van der Waals surface area contributed by atoms with Crippen molar-refractivity contribution in [2.75, 3.05) is 13.1 Å². The third-order valence-corrected chi connectivity index (χ3v) is 3.65. The van der Waals surface area contributed by atoms with Crippen LogP contribution in [-0.4, -0.2) is 35.1 Å². The molecule has 0 spiro atoms. The van der Waals surface area contributed by atoms with Gasteiger partial charge in [-0.2, -0.15) is 0 Å². The van der Waals surface area contributed by atoms with Crippen molar-refractivity contribution in [3.8, 4) is 0 Å². The van der Waals surface area contributed by atoms with Crippen molar-refractivity contribution in [3.63, 3.8) is 0 Å². The van der Waals surface area contributed by atoms with Gasteiger partial charge in [0.15, 0.2) is 0 Å². The molecule has 16 heavy (non-hydrogen) atoms. The van der Waals surface area contributed by atoms with E-state index in [0.29, 0.717) is 6.04 Å². The Morgan fingerprint density at radius 1 is 1.50 bits per heavy atom. The van der Waals surface area contributed by atoms with Crippen LogP contribution < -0.4 is 0 Å². The van der Waals surface area contributed by atoms with Gasteiger partial charge < -0.3 is 5.11 Å². The molecule has 2 atom stereocenters. The number of likely N-dealkylation sites (tertiary alicyclic amines) is 1. The number of unbranched alkanes of at least 4 members (excludes halogenated alkanes) is 2. The Labute approximate surface area is 98.8 Å². The molecule has 0 aromatic rings. The maximum absolute atomic E-state index is 11.0. The van der Waals surface area contributed by atoms with Gasteiger partial charge >= 0.3 is 5.97 Å². The topological polar surface area (TPSA) is 40.5 Å². The second-order valence-corrected chi connectivity index (χ2v) is 5.02. The fraction of sp³-hybridized carbons (Fsp3) is 0.923. The lowest BCUT2D eigenvalue weighted by atomic mass is 9.96. The molecular weight excluding hydrogens is 202 g/mol. The third-order valence-electron chi connectivity index (χ3n) is 3.65. The van der Waals surface area contributed by atoms with Gasteiger partial charge in [0.1, 0.15) is 0 Å². The van der Waals surface area contributed by atoms with E-state index < -0.39 is 5.97 Å². The lowest BCUT2D eigenvalue weighted by molar-refractivity contribution is -0.143. The smallest absolute Gasteiger partial charge is 0.307 e. The predicted octanol–water partition coefficient (Wildman–Crippen LogP) is 2.75. The SMILES string of the molecule is CCCCCC(C)N1CCCC(C(=O)O)C1. The van der Waals surface area contributed by atoms with Crippen LogP contribution in [0, 0.1) is 5.92 Å². The number of carboxylic acids is 1. The van der Waals surface area contributed by atoms with Gasteiger partial charge in [0.25, 0.3) is 0 Å². The van der Waals surface area contributed by atoms with Crippen molar-refractivity contribution in [2.45, 2.75) is 58.4 Å². The Morgan fingerprint density at radius 2 is 2.25 bits per heavy atom. The number of nitrogens with zero attached hydrogens (tertiary/aromatic N) is 1. The summed E-state index contributed by atoms with van der Waals surface area (Å²) in [7, 11) is 0.